The molecule has 35 heavy (non-hydrogen) atoms. The standard InChI is InChI=1S/C27H27FN4O3/c1-2-35-26(33)19-32(23-12-13-24(20(17-23)18-29)30-14-4-3-5-15-30)27(34)25-7-6-16-31(25)22-10-8-21(28)9-11-22/h6-13,16-17H,2-5,14-15,19H2,1H3. The summed E-state index contributed by atoms with van der Waals surface area (Å²) >= 11 is 0. The van der Waals surface area contributed by atoms with E-state index in [1.807, 2.05) is 6.07 Å². The molecule has 0 saturated carbocycles. The molecule has 0 unspecified atom stereocenters. The molecule has 4 rings (SSSR count). The Morgan fingerprint density at radius 3 is 2.51 bits per heavy atom. The van der Waals surface area contributed by atoms with E-state index in [1.54, 1.807) is 54.1 Å². The number of rotatable bonds is 7. The average Bonchev–Trinajstić information content (AvgIpc) is 3.38. The summed E-state index contributed by atoms with van der Waals surface area (Å²) in [6.45, 7) is 3.33. The van der Waals surface area contributed by atoms with E-state index in [1.165, 1.54) is 23.5 Å². The molecule has 1 fully saturated rings. The van der Waals surface area contributed by atoms with Crippen molar-refractivity contribution in [2.75, 3.05) is 36.0 Å². The zero-order valence-corrected chi connectivity index (χ0v) is 19.6. The van der Waals surface area contributed by atoms with Crippen molar-refractivity contribution in [3.8, 4) is 11.8 Å². The quantitative estimate of drug-likeness (QED) is 0.465. The summed E-state index contributed by atoms with van der Waals surface area (Å²) in [4.78, 5) is 29.6. The second-order valence-electron chi connectivity index (χ2n) is 8.30. The van der Waals surface area contributed by atoms with Gasteiger partial charge in [-0.25, -0.2) is 4.39 Å². The van der Waals surface area contributed by atoms with E-state index < -0.39 is 11.9 Å². The van der Waals surface area contributed by atoms with Crippen molar-refractivity contribution in [1.82, 2.24) is 4.57 Å². The van der Waals surface area contributed by atoms with Crippen molar-refractivity contribution in [2.45, 2.75) is 26.2 Å². The van der Waals surface area contributed by atoms with Gasteiger partial charge in [0.25, 0.3) is 5.91 Å². The highest BCUT2D eigenvalue weighted by Gasteiger charge is 2.26. The number of benzene rings is 2. The number of aromatic nitrogens is 1. The van der Waals surface area contributed by atoms with Crippen LogP contribution in [0.4, 0.5) is 15.8 Å². The van der Waals surface area contributed by atoms with E-state index in [2.05, 4.69) is 11.0 Å². The first-order valence-electron chi connectivity index (χ1n) is 11.7. The number of nitriles is 1. The van der Waals surface area contributed by atoms with Crippen LogP contribution in [0.5, 0.6) is 0 Å². The molecule has 8 heteroatoms. The summed E-state index contributed by atoms with van der Waals surface area (Å²) in [6, 6.07) is 16.6. The molecule has 2 aromatic carbocycles. The number of amides is 1. The maximum atomic E-state index is 13.7. The van der Waals surface area contributed by atoms with Gasteiger partial charge in [0.05, 0.1) is 17.9 Å². The lowest BCUT2D eigenvalue weighted by atomic mass is 10.1. The van der Waals surface area contributed by atoms with Gasteiger partial charge in [0.2, 0.25) is 0 Å². The van der Waals surface area contributed by atoms with Crippen molar-refractivity contribution in [3.63, 3.8) is 0 Å². The van der Waals surface area contributed by atoms with Crippen LogP contribution >= 0.6 is 0 Å². The number of hydrogen-bond acceptors (Lipinski definition) is 5. The van der Waals surface area contributed by atoms with Gasteiger partial charge in [0.1, 0.15) is 24.1 Å². The summed E-state index contributed by atoms with van der Waals surface area (Å²) in [6.07, 6.45) is 5.01. The normalized spacial score (nSPS) is 13.2. The maximum absolute atomic E-state index is 13.7. The number of carbonyl (C=O) groups is 2. The highest BCUT2D eigenvalue weighted by atomic mass is 19.1. The molecule has 1 aliphatic rings. The third-order valence-corrected chi connectivity index (χ3v) is 6.02. The zero-order chi connectivity index (χ0) is 24.8. The molecule has 0 aliphatic carbocycles. The third-order valence-electron chi connectivity index (χ3n) is 6.02. The monoisotopic (exact) mass is 474 g/mol. The first-order valence-corrected chi connectivity index (χ1v) is 11.7. The molecule has 1 aromatic heterocycles. The van der Waals surface area contributed by atoms with Crippen LogP contribution < -0.4 is 9.80 Å². The Morgan fingerprint density at radius 2 is 1.83 bits per heavy atom. The van der Waals surface area contributed by atoms with Crippen LogP contribution in [-0.2, 0) is 9.53 Å². The number of piperidine rings is 1. The van der Waals surface area contributed by atoms with Gasteiger partial charge >= 0.3 is 5.97 Å². The molecule has 0 bridgehead atoms. The Morgan fingerprint density at radius 1 is 1.09 bits per heavy atom. The van der Waals surface area contributed by atoms with Crippen molar-refractivity contribution in [1.29, 1.82) is 5.26 Å². The molecule has 180 valence electrons. The third kappa shape index (κ3) is 5.35. The molecule has 0 radical (unpaired) electrons. The van der Waals surface area contributed by atoms with E-state index in [-0.39, 0.29) is 19.0 Å². The SMILES string of the molecule is CCOC(=O)CN(C(=O)c1cccn1-c1ccc(F)cc1)c1ccc(N2CCCCC2)c(C#N)c1. The molecule has 2 heterocycles. The number of halogens is 1. The van der Waals surface area contributed by atoms with Crippen LogP contribution in [0.15, 0.2) is 60.8 Å². The lowest BCUT2D eigenvalue weighted by molar-refractivity contribution is -0.141. The Bertz CT molecular complexity index is 1240. The zero-order valence-electron chi connectivity index (χ0n) is 19.6. The molecule has 0 spiro atoms. The van der Waals surface area contributed by atoms with Crippen LogP contribution in [0, 0.1) is 17.1 Å². The highest BCUT2D eigenvalue weighted by molar-refractivity contribution is 6.08. The fourth-order valence-electron chi connectivity index (χ4n) is 4.33. The second kappa shape index (κ2) is 10.9. The molecule has 1 aliphatic heterocycles. The van der Waals surface area contributed by atoms with Crippen LogP contribution in [0.25, 0.3) is 5.69 Å². The van der Waals surface area contributed by atoms with Gasteiger partial charge in [-0.05, 0) is 80.8 Å². The second-order valence-corrected chi connectivity index (χ2v) is 8.30. The number of esters is 1. The molecular weight excluding hydrogens is 447 g/mol. The van der Waals surface area contributed by atoms with E-state index in [9.17, 15) is 19.2 Å². The topological polar surface area (TPSA) is 78.6 Å². The van der Waals surface area contributed by atoms with Gasteiger partial charge in [0.15, 0.2) is 0 Å². The Labute approximate surface area is 203 Å². The fourth-order valence-corrected chi connectivity index (χ4v) is 4.33. The number of nitrogens with zero attached hydrogens (tertiary/aromatic N) is 4. The predicted molar refractivity (Wildman–Crippen MR) is 131 cm³/mol. The Kier molecular flexibility index (Phi) is 7.46. The van der Waals surface area contributed by atoms with E-state index in [0.29, 0.717) is 22.6 Å². The summed E-state index contributed by atoms with van der Waals surface area (Å²) in [5.41, 5.74) is 2.59. The summed E-state index contributed by atoms with van der Waals surface area (Å²) in [5, 5.41) is 9.85. The van der Waals surface area contributed by atoms with Crippen LogP contribution in [0.3, 0.4) is 0 Å². The number of carbonyl (C=O) groups excluding carboxylic acids is 2. The number of anilines is 2. The molecule has 0 atom stereocenters. The Balaban J connectivity index is 1.71. The maximum Gasteiger partial charge on any atom is 0.326 e. The number of ether oxygens (including phenoxy) is 1. The van der Waals surface area contributed by atoms with Gasteiger partial charge in [0, 0.05) is 30.7 Å². The van der Waals surface area contributed by atoms with Crippen molar-refractivity contribution in [2.24, 2.45) is 0 Å². The lowest BCUT2D eigenvalue weighted by Gasteiger charge is -2.30. The summed E-state index contributed by atoms with van der Waals surface area (Å²) < 4.78 is 20.2. The van der Waals surface area contributed by atoms with Crippen molar-refractivity contribution >= 4 is 23.3 Å². The van der Waals surface area contributed by atoms with E-state index in [0.717, 1.165) is 31.6 Å². The summed E-state index contributed by atoms with van der Waals surface area (Å²) in [7, 11) is 0. The van der Waals surface area contributed by atoms with Gasteiger partial charge in [-0.3, -0.25) is 14.5 Å². The predicted octanol–water partition coefficient (Wildman–Crippen LogP) is 4.69. The minimum absolute atomic E-state index is 0.185. The molecular formula is C27H27FN4O3. The van der Waals surface area contributed by atoms with E-state index in [4.69, 9.17) is 4.74 Å². The van der Waals surface area contributed by atoms with Crippen molar-refractivity contribution < 1.29 is 18.7 Å². The minimum Gasteiger partial charge on any atom is -0.465 e. The van der Waals surface area contributed by atoms with Crippen molar-refractivity contribution in [3.05, 3.63) is 77.9 Å². The Hall–Kier alpha value is -4.12. The smallest absolute Gasteiger partial charge is 0.326 e. The fraction of sp³-hybridized carbons (Fsp3) is 0.296. The molecule has 3 aromatic rings. The van der Waals surface area contributed by atoms with Crippen LogP contribution in [0.1, 0.15) is 42.2 Å². The minimum atomic E-state index is -0.556. The molecule has 7 nitrogen and oxygen atoms in total. The van der Waals surface area contributed by atoms with Gasteiger partial charge in [-0.15, -0.1) is 0 Å². The molecule has 1 amide bonds. The van der Waals surface area contributed by atoms with E-state index >= 15 is 0 Å². The van der Waals surface area contributed by atoms with Crippen LogP contribution in [-0.4, -0.2) is 42.7 Å². The largest absolute Gasteiger partial charge is 0.465 e. The average molecular weight is 475 g/mol. The van der Waals surface area contributed by atoms with Gasteiger partial charge in [-0.1, -0.05) is 0 Å². The first-order chi connectivity index (χ1) is 17.0. The highest BCUT2D eigenvalue weighted by Crippen LogP contribution is 2.29. The van der Waals surface area contributed by atoms with Gasteiger partial charge < -0.3 is 14.2 Å². The molecule has 1 saturated heterocycles. The lowest BCUT2D eigenvalue weighted by Crippen LogP contribution is -2.37. The molecule has 0 N–H and O–H groups in total. The van der Waals surface area contributed by atoms with Crippen LogP contribution in [0.2, 0.25) is 0 Å². The first kappa shape index (κ1) is 24.0. The van der Waals surface area contributed by atoms with Gasteiger partial charge in [-0.2, -0.15) is 5.26 Å². The number of hydrogen-bond donors (Lipinski definition) is 0. The summed E-state index contributed by atoms with van der Waals surface area (Å²) in [5.74, 6) is -1.38.